The first-order valence-corrected chi connectivity index (χ1v) is 7.03. The van der Waals surface area contributed by atoms with Gasteiger partial charge in [0.05, 0.1) is 11.8 Å². The summed E-state index contributed by atoms with van der Waals surface area (Å²) >= 11 is 0. The second kappa shape index (κ2) is 6.57. The van der Waals surface area contributed by atoms with E-state index < -0.39 is 0 Å². The molecule has 4 nitrogen and oxygen atoms in total. The SMILES string of the molecule is CNC(CNC(=O)c1cccc2occc12)CC(C)C. The lowest BCUT2D eigenvalue weighted by atomic mass is 10.0. The fourth-order valence-electron chi connectivity index (χ4n) is 2.38. The van der Waals surface area contributed by atoms with Gasteiger partial charge in [-0.3, -0.25) is 4.79 Å². The second-order valence-corrected chi connectivity index (χ2v) is 5.46. The molecule has 1 heterocycles. The molecule has 0 spiro atoms. The van der Waals surface area contributed by atoms with Crippen LogP contribution in [0.1, 0.15) is 30.6 Å². The number of rotatable bonds is 6. The molecule has 0 bridgehead atoms. The van der Waals surface area contributed by atoms with Crippen molar-refractivity contribution < 1.29 is 9.21 Å². The highest BCUT2D eigenvalue weighted by Crippen LogP contribution is 2.19. The van der Waals surface area contributed by atoms with Gasteiger partial charge in [0.1, 0.15) is 5.58 Å². The fourth-order valence-corrected chi connectivity index (χ4v) is 2.38. The van der Waals surface area contributed by atoms with E-state index in [1.807, 2.05) is 31.3 Å². The summed E-state index contributed by atoms with van der Waals surface area (Å²) in [5.41, 5.74) is 1.40. The number of hydrogen-bond acceptors (Lipinski definition) is 3. The number of likely N-dealkylation sites (N-methyl/N-ethyl adjacent to an activating group) is 1. The predicted molar refractivity (Wildman–Crippen MR) is 80.8 cm³/mol. The number of furan rings is 1. The fraction of sp³-hybridized carbons (Fsp3) is 0.438. The molecule has 0 radical (unpaired) electrons. The number of nitrogens with one attached hydrogen (secondary N) is 2. The van der Waals surface area contributed by atoms with Gasteiger partial charge < -0.3 is 15.1 Å². The molecule has 2 aromatic rings. The Morgan fingerprint density at radius 2 is 2.10 bits per heavy atom. The molecule has 0 saturated carbocycles. The van der Waals surface area contributed by atoms with Gasteiger partial charge in [0.15, 0.2) is 0 Å². The minimum atomic E-state index is -0.0546. The molecular formula is C16H22N2O2. The average molecular weight is 274 g/mol. The van der Waals surface area contributed by atoms with Crippen molar-refractivity contribution in [2.75, 3.05) is 13.6 Å². The number of amides is 1. The molecular weight excluding hydrogens is 252 g/mol. The molecule has 1 aromatic carbocycles. The van der Waals surface area contributed by atoms with Crippen molar-refractivity contribution in [2.24, 2.45) is 5.92 Å². The first-order chi connectivity index (χ1) is 9.61. The smallest absolute Gasteiger partial charge is 0.252 e. The van der Waals surface area contributed by atoms with Gasteiger partial charge in [-0.2, -0.15) is 0 Å². The summed E-state index contributed by atoms with van der Waals surface area (Å²) in [6.45, 7) is 4.98. The minimum Gasteiger partial charge on any atom is -0.464 e. The molecule has 0 aliphatic heterocycles. The molecule has 0 saturated heterocycles. The van der Waals surface area contributed by atoms with E-state index in [-0.39, 0.29) is 5.91 Å². The maximum Gasteiger partial charge on any atom is 0.252 e. The van der Waals surface area contributed by atoms with Crippen LogP contribution in [-0.4, -0.2) is 25.5 Å². The summed E-state index contributed by atoms with van der Waals surface area (Å²) in [7, 11) is 1.93. The maximum atomic E-state index is 12.3. The molecule has 4 heteroatoms. The summed E-state index contributed by atoms with van der Waals surface area (Å²) in [6.07, 6.45) is 2.64. The largest absolute Gasteiger partial charge is 0.464 e. The molecule has 0 fully saturated rings. The van der Waals surface area contributed by atoms with Crippen LogP contribution in [0.2, 0.25) is 0 Å². The average Bonchev–Trinajstić information content (AvgIpc) is 2.90. The van der Waals surface area contributed by atoms with E-state index in [2.05, 4.69) is 24.5 Å². The van der Waals surface area contributed by atoms with Gasteiger partial charge in [0, 0.05) is 18.0 Å². The molecule has 2 N–H and O–H groups in total. The number of benzene rings is 1. The maximum absolute atomic E-state index is 12.3. The Bertz CT molecular complexity index is 575. The standard InChI is InChI=1S/C16H22N2O2/c1-11(2)9-12(17-3)10-18-16(19)14-5-4-6-15-13(14)7-8-20-15/h4-8,11-12,17H,9-10H2,1-3H3,(H,18,19). The van der Waals surface area contributed by atoms with Crippen molar-refractivity contribution in [1.82, 2.24) is 10.6 Å². The topological polar surface area (TPSA) is 54.3 Å². The third-order valence-electron chi connectivity index (χ3n) is 3.41. The lowest BCUT2D eigenvalue weighted by Crippen LogP contribution is -2.40. The van der Waals surface area contributed by atoms with E-state index >= 15 is 0 Å². The van der Waals surface area contributed by atoms with Crippen LogP contribution in [0.3, 0.4) is 0 Å². The van der Waals surface area contributed by atoms with Crippen LogP contribution in [0.25, 0.3) is 11.0 Å². The summed E-state index contributed by atoms with van der Waals surface area (Å²) in [4.78, 5) is 12.3. The molecule has 108 valence electrons. The van der Waals surface area contributed by atoms with Crippen molar-refractivity contribution in [3.63, 3.8) is 0 Å². The Hall–Kier alpha value is -1.81. The van der Waals surface area contributed by atoms with Crippen LogP contribution in [-0.2, 0) is 0 Å². The summed E-state index contributed by atoms with van der Waals surface area (Å²) < 4.78 is 5.32. The first-order valence-electron chi connectivity index (χ1n) is 7.03. The first kappa shape index (κ1) is 14.6. The van der Waals surface area contributed by atoms with E-state index in [0.717, 1.165) is 17.4 Å². The molecule has 0 aliphatic carbocycles. The summed E-state index contributed by atoms with van der Waals surface area (Å²) in [5.74, 6) is 0.544. The second-order valence-electron chi connectivity index (χ2n) is 5.46. The zero-order chi connectivity index (χ0) is 14.5. The quantitative estimate of drug-likeness (QED) is 0.851. The van der Waals surface area contributed by atoms with E-state index in [0.29, 0.717) is 24.1 Å². The normalized spacial score (nSPS) is 12.8. The van der Waals surface area contributed by atoms with Crippen LogP contribution in [0, 0.1) is 5.92 Å². The van der Waals surface area contributed by atoms with Gasteiger partial charge in [-0.15, -0.1) is 0 Å². The Balaban J connectivity index is 2.03. The summed E-state index contributed by atoms with van der Waals surface area (Å²) in [5, 5.41) is 7.09. The van der Waals surface area contributed by atoms with Gasteiger partial charge >= 0.3 is 0 Å². The highest BCUT2D eigenvalue weighted by Gasteiger charge is 2.14. The van der Waals surface area contributed by atoms with E-state index in [9.17, 15) is 4.79 Å². The van der Waals surface area contributed by atoms with E-state index in [1.165, 1.54) is 0 Å². The molecule has 1 atom stereocenters. The van der Waals surface area contributed by atoms with Crippen LogP contribution in [0.15, 0.2) is 34.9 Å². The van der Waals surface area contributed by atoms with Gasteiger partial charge in [0.25, 0.3) is 5.91 Å². The lowest BCUT2D eigenvalue weighted by Gasteiger charge is -2.19. The Labute approximate surface area is 119 Å². The third kappa shape index (κ3) is 3.39. The highest BCUT2D eigenvalue weighted by molar-refractivity contribution is 6.05. The highest BCUT2D eigenvalue weighted by atomic mass is 16.3. The van der Waals surface area contributed by atoms with Gasteiger partial charge in [-0.25, -0.2) is 0 Å². The number of fused-ring (bicyclic) bond motifs is 1. The molecule has 0 aliphatic rings. The summed E-state index contributed by atoms with van der Waals surface area (Å²) in [6, 6.07) is 7.64. The molecule has 20 heavy (non-hydrogen) atoms. The van der Waals surface area contributed by atoms with Crippen molar-refractivity contribution in [2.45, 2.75) is 26.3 Å². The number of carbonyl (C=O) groups is 1. The predicted octanol–water partition coefficient (Wildman–Crippen LogP) is 2.80. The Morgan fingerprint density at radius 3 is 2.80 bits per heavy atom. The van der Waals surface area contributed by atoms with Crippen LogP contribution in [0.5, 0.6) is 0 Å². The number of hydrogen-bond donors (Lipinski definition) is 2. The van der Waals surface area contributed by atoms with Crippen molar-refractivity contribution in [3.8, 4) is 0 Å². The van der Waals surface area contributed by atoms with Crippen LogP contribution < -0.4 is 10.6 Å². The van der Waals surface area contributed by atoms with E-state index in [4.69, 9.17) is 4.42 Å². The number of carbonyl (C=O) groups excluding carboxylic acids is 1. The lowest BCUT2D eigenvalue weighted by molar-refractivity contribution is 0.0950. The molecule has 1 aromatic heterocycles. The van der Waals surface area contributed by atoms with Crippen molar-refractivity contribution in [1.29, 1.82) is 0 Å². The molecule has 2 rings (SSSR count). The van der Waals surface area contributed by atoms with Crippen molar-refractivity contribution >= 4 is 16.9 Å². The van der Waals surface area contributed by atoms with Crippen molar-refractivity contribution in [3.05, 3.63) is 36.1 Å². The van der Waals surface area contributed by atoms with Crippen LogP contribution >= 0.6 is 0 Å². The Kier molecular flexibility index (Phi) is 4.79. The third-order valence-corrected chi connectivity index (χ3v) is 3.41. The van der Waals surface area contributed by atoms with Gasteiger partial charge in [-0.05, 0) is 37.6 Å². The molecule has 1 amide bonds. The van der Waals surface area contributed by atoms with Crippen LogP contribution in [0.4, 0.5) is 0 Å². The van der Waals surface area contributed by atoms with Gasteiger partial charge in [-0.1, -0.05) is 19.9 Å². The zero-order valence-electron chi connectivity index (χ0n) is 12.3. The molecule has 1 unspecified atom stereocenters. The Morgan fingerprint density at radius 1 is 1.30 bits per heavy atom. The van der Waals surface area contributed by atoms with Gasteiger partial charge in [0.2, 0.25) is 0 Å². The monoisotopic (exact) mass is 274 g/mol. The zero-order valence-corrected chi connectivity index (χ0v) is 12.3. The van der Waals surface area contributed by atoms with E-state index in [1.54, 1.807) is 6.26 Å². The minimum absolute atomic E-state index is 0.0546.